The molecule has 2 fully saturated rings. The molecular weight excluding hydrogens is 441 g/mol. The van der Waals surface area contributed by atoms with Crippen LogP contribution in [0, 0.1) is 5.82 Å². The molecule has 3 aromatic carbocycles. The van der Waals surface area contributed by atoms with Crippen LogP contribution >= 0.6 is 0 Å². The van der Waals surface area contributed by atoms with Gasteiger partial charge in [0.1, 0.15) is 5.82 Å². The third-order valence-electron chi connectivity index (χ3n) is 7.10. The third-order valence-corrected chi connectivity index (χ3v) is 7.10. The smallest absolute Gasteiger partial charge is 0.168 e. The molecule has 6 heteroatoms. The van der Waals surface area contributed by atoms with Crippen molar-refractivity contribution in [2.45, 2.75) is 25.4 Å². The molecule has 2 unspecified atom stereocenters. The Morgan fingerprint density at radius 1 is 0.886 bits per heavy atom. The molecule has 3 aromatic rings. The number of nitrogens with zero attached hydrogens (tertiary/aromatic N) is 3. The van der Waals surface area contributed by atoms with Gasteiger partial charge >= 0.3 is 0 Å². The molecule has 0 saturated carbocycles. The van der Waals surface area contributed by atoms with E-state index in [9.17, 15) is 9.18 Å². The zero-order valence-electron chi connectivity index (χ0n) is 20.1. The van der Waals surface area contributed by atoms with Gasteiger partial charge in [0.05, 0.1) is 6.10 Å². The molecule has 0 bridgehead atoms. The number of rotatable bonds is 7. The van der Waals surface area contributed by atoms with E-state index in [2.05, 4.69) is 64.2 Å². The fourth-order valence-corrected chi connectivity index (χ4v) is 4.95. The normalized spacial score (nSPS) is 21.9. The molecule has 0 N–H and O–H groups in total. The maximum atomic E-state index is 13.4. The Bertz CT molecular complexity index is 1130. The molecule has 2 aliphatic rings. The van der Waals surface area contributed by atoms with Gasteiger partial charge < -0.3 is 9.64 Å². The van der Waals surface area contributed by atoms with E-state index in [1.54, 1.807) is 12.1 Å². The molecule has 35 heavy (non-hydrogen) atoms. The second-order valence-electron chi connectivity index (χ2n) is 9.56. The van der Waals surface area contributed by atoms with Crippen LogP contribution < -0.4 is 0 Å². The number of benzene rings is 3. The zero-order valence-corrected chi connectivity index (χ0v) is 20.1. The zero-order chi connectivity index (χ0) is 24.2. The molecule has 182 valence electrons. The van der Waals surface area contributed by atoms with Crippen LogP contribution in [0.1, 0.15) is 22.8 Å². The molecule has 0 radical (unpaired) electrons. The number of aldehydes is 1. The lowest BCUT2D eigenvalue weighted by molar-refractivity contribution is -0.123. The second-order valence-corrected chi connectivity index (χ2v) is 9.56. The third kappa shape index (κ3) is 5.68. The van der Waals surface area contributed by atoms with Crippen LogP contribution in [0.15, 0.2) is 72.8 Å². The minimum absolute atomic E-state index is 0.254. The van der Waals surface area contributed by atoms with E-state index in [1.165, 1.54) is 34.4 Å². The molecule has 5 rings (SSSR count). The van der Waals surface area contributed by atoms with Gasteiger partial charge in [-0.3, -0.25) is 14.6 Å². The topological polar surface area (TPSA) is 36.0 Å². The average Bonchev–Trinajstić information content (AvgIpc) is 3.30. The molecule has 0 spiro atoms. The van der Waals surface area contributed by atoms with Crippen molar-refractivity contribution in [3.8, 4) is 11.1 Å². The Morgan fingerprint density at radius 2 is 1.63 bits per heavy atom. The number of hydrogen-bond acceptors (Lipinski definition) is 5. The Hall–Kier alpha value is -2.90. The van der Waals surface area contributed by atoms with Crippen molar-refractivity contribution in [3.05, 3.63) is 95.3 Å². The van der Waals surface area contributed by atoms with Crippen LogP contribution in [0.4, 0.5) is 4.39 Å². The van der Waals surface area contributed by atoms with Crippen molar-refractivity contribution in [3.63, 3.8) is 0 Å². The highest BCUT2D eigenvalue weighted by atomic mass is 19.1. The van der Waals surface area contributed by atoms with Crippen LogP contribution in [0.25, 0.3) is 11.1 Å². The number of halogens is 1. The summed E-state index contributed by atoms with van der Waals surface area (Å²) in [5.41, 5.74) is 5.78. The molecule has 0 amide bonds. The molecule has 5 nitrogen and oxygen atoms in total. The quantitative estimate of drug-likeness (QED) is 0.477. The van der Waals surface area contributed by atoms with Gasteiger partial charge in [0, 0.05) is 45.8 Å². The first-order valence-corrected chi connectivity index (χ1v) is 12.3. The SMILES string of the molecule is CN1CCN(Cc2cc(-c3ccccc3)ccc2CN2CC(c3ccc(F)cc3)OC2C=O)CC1. The number of ether oxygens (including phenoxy) is 1. The van der Waals surface area contributed by atoms with Gasteiger partial charge in [0.25, 0.3) is 0 Å². The average molecular weight is 474 g/mol. The monoisotopic (exact) mass is 473 g/mol. The largest absolute Gasteiger partial charge is 0.347 e. The first kappa shape index (κ1) is 23.8. The van der Waals surface area contributed by atoms with Crippen LogP contribution in [-0.4, -0.2) is 67.0 Å². The lowest BCUT2D eigenvalue weighted by Crippen LogP contribution is -2.44. The number of hydrogen-bond donors (Lipinski definition) is 0. The summed E-state index contributed by atoms with van der Waals surface area (Å²) in [5.74, 6) is -0.275. The van der Waals surface area contributed by atoms with Gasteiger partial charge in [-0.05, 0) is 53.1 Å². The van der Waals surface area contributed by atoms with E-state index in [4.69, 9.17) is 4.74 Å². The molecular formula is C29H32FN3O2. The highest BCUT2D eigenvalue weighted by Gasteiger charge is 2.34. The van der Waals surface area contributed by atoms with Crippen LogP contribution in [0.3, 0.4) is 0 Å². The summed E-state index contributed by atoms with van der Waals surface area (Å²) in [6, 6.07) is 23.4. The van der Waals surface area contributed by atoms with Crippen molar-refractivity contribution in [2.75, 3.05) is 39.8 Å². The first-order chi connectivity index (χ1) is 17.1. The van der Waals surface area contributed by atoms with Crippen LogP contribution in [0.2, 0.25) is 0 Å². The van der Waals surface area contributed by atoms with E-state index in [0.717, 1.165) is 44.6 Å². The van der Waals surface area contributed by atoms with Gasteiger partial charge in [-0.2, -0.15) is 0 Å². The van der Waals surface area contributed by atoms with E-state index >= 15 is 0 Å². The lowest BCUT2D eigenvalue weighted by Gasteiger charge is -2.33. The number of piperazine rings is 1. The summed E-state index contributed by atoms with van der Waals surface area (Å²) in [5, 5.41) is 0. The van der Waals surface area contributed by atoms with E-state index in [0.29, 0.717) is 13.1 Å². The van der Waals surface area contributed by atoms with Crippen molar-refractivity contribution < 1.29 is 13.9 Å². The molecule has 2 saturated heterocycles. The van der Waals surface area contributed by atoms with Crippen molar-refractivity contribution in [1.29, 1.82) is 0 Å². The van der Waals surface area contributed by atoms with E-state index in [1.807, 2.05) is 6.07 Å². The minimum Gasteiger partial charge on any atom is -0.347 e. The summed E-state index contributed by atoms with van der Waals surface area (Å²) in [7, 11) is 2.17. The number of carbonyl (C=O) groups is 1. The summed E-state index contributed by atoms with van der Waals surface area (Å²) in [6.07, 6.45) is -0.00652. The Kier molecular flexibility index (Phi) is 7.35. The molecule has 2 heterocycles. The maximum Gasteiger partial charge on any atom is 0.168 e. The highest BCUT2D eigenvalue weighted by molar-refractivity contribution is 5.65. The standard InChI is InChI=1S/C29H32FN3O2/c1-31-13-15-32(16-14-31)18-26-17-24(22-5-3-2-4-6-22)7-8-25(26)19-33-20-28(35-29(33)21-34)23-9-11-27(30)12-10-23/h2-12,17,21,28-29H,13-16,18-20H2,1H3. The maximum absolute atomic E-state index is 13.4. The van der Waals surface area contributed by atoms with Crippen LogP contribution in [-0.2, 0) is 22.6 Å². The minimum atomic E-state index is -0.615. The summed E-state index contributed by atoms with van der Waals surface area (Å²) in [4.78, 5) is 18.8. The summed E-state index contributed by atoms with van der Waals surface area (Å²) < 4.78 is 19.4. The molecule has 2 atom stereocenters. The Morgan fingerprint density at radius 3 is 2.34 bits per heavy atom. The van der Waals surface area contributed by atoms with E-state index < -0.39 is 6.23 Å². The van der Waals surface area contributed by atoms with Crippen molar-refractivity contribution in [2.24, 2.45) is 0 Å². The molecule has 0 aromatic heterocycles. The fourth-order valence-electron chi connectivity index (χ4n) is 4.95. The molecule has 0 aliphatic carbocycles. The number of carbonyl (C=O) groups excluding carboxylic acids is 1. The highest BCUT2D eigenvalue weighted by Crippen LogP contribution is 2.31. The van der Waals surface area contributed by atoms with Gasteiger partial charge in [0.15, 0.2) is 12.5 Å². The Balaban J connectivity index is 1.39. The van der Waals surface area contributed by atoms with Crippen molar-refractivity contribution in [1.82, 2.24) is 14.7 Å². The predicted octanol–water partition coefficient (Wildman–Crippen LogP) is 4.34. The second kappa shape index (κ2) is 10.8. The lowest BCUT2D eigenvalue weighted by atomic mass is 9.98. The first-order valence-electron chi connectivity index (χ1n) is 12.3. The van der Waals surface area contributed by atoms with Crippen molar-refractivity contribution >= 4 is 6.29 Å². The van der Waals surface area contributed by atoms with Gasteiger partial charge in [-0.15, -0.1) is 0 Å². The fraction of sp³-hybridized carbons (Fsp3) is 0.345. The predicted molar refractivity (Wildman–Crippen MR) is 135 cm³/mol. The van der Waals surface area contributed by atoms with Crippen LogP contribution in [0.5, 0.6) is 0 Å². The summed E-state index contributed by atoms with van der Waals surface area (Å²) in [6.45, 7) is 6.32. The van der Waals surface area contributed by atoms with E-state index in [-0.39, 0.29) is 11.9 Å². The summed E-state index contributed by atoms with van der Waals surface area (Å²) >= 11 is 0. The molecule has 2 aliphatic heterocycles. The Labute approximate surface area is 206 Å². The van der Waals surface area contributed by atoms with Gasteiger partial charge in [-0.25, -0.2) is 4.39 Å². The van der Waals surface area contributed by atoms with Gasteiger partial charge in [-0.1, -0.05) is 54.6 Å². The van der Waals surface area contributed by atoms with Gasteiger partial charge in [0.2, 0.25) is 0 Å². The number of likely N-dealkylation sites (N-methyl/N-ethyl adjacent to an activating group) is 1.